The van der Waals surface area contributed by atoms with Gasteiger partial charge in [0.25, 0.3) is 5.91 Å². The van der Waals surface area contributed by atoms with Crippen LogP contribution in [0.1, 0.15) is 41.5 Å². The quantitative estimate of drug-likeness (QED) is 0.887. The molecule has 0 fully saturated rings. The Hall–Kier alpha value is -2.63. The number of aromatic nitrogens is 2. The maximum absolute atomic E-state index is 12.6. The van der Waals surface area contributed by atoms with Crippen LogP contribution in [0.3, 0.4) is 0 Å². The van der Waals surface area contributed by atoms with Gasteiger partial charge in [0.05, 0.1) is 22.7 Å². The number of carbonyl (C=O) groups is 2. The average Bonchev–Trinajstić information content (AvgIpc) is 2.84. The second kappa shape index (κ2) is 6.24. The lowest BCUT2D eigenvalue weighted by molar-refractivity contribution is -0.148. The van der Waals surface area contributed by atoms with Crippen molar-refractivity contribution in [2.75, 3.05) is 0 Å². The predicted molar refractivity (Wildman–Crippen MR) is 86.0 cm³/mol. The van der Waals surface area contributed by atoms with Gasteiger partial charge in [-0.2, -0.15) is 5.10 Å². The molecule has 0 bridgehead atoms. The molecule has 6 nitrogen and oxygen atoms in total. The SMILES string of the molecule is Cc1nn(C)cc1C(=O)NC(c1ccccc1)C(C)(C)C(=O)O. The van der Waals surface area contributed by atoms with Crippen molar-refractivity contribution in [2.45, 2.75) is 26.8 Å². The van der Waals surface area contributed by atoms with Crippen LogP contribution in [-0.4, -0.2) is 26.8 Å². The summed E-state index contributed by atoms with van der Waals surface area (Å²) in [6, 6.07) is 8.45. The molecular weight excluding hydrogens is 294 g/mol. The fourth-order valence-electron chi connectivity index (χ4n) is 2.48. The average molecular weight is 315 g/mol. The van der Waals surface area contributed by atoms with E-state index in [-0.39, 0.29) is 5.91 Å². The molecule has 1 heterocycles. The highest BCUT2D eigenvalue weighted by molar-refractivity contribution is 5.95. The largest absolute Gasteiger partial charge is 0.481 e. The van der Waals surface area contributed by atoms with Crippen molar-refractivity contribution in [3.05, 3.63) is 53.3 Å². The number of hydrogen-bond donors (Lipinski definition) is 2. The monoisotopic (exact) mass is 315 g/mol. The van der Waals surface area contributed by atoms with Crippen LogP contribution < -0.4 is 5.32 Å². The summed E-state index contributed by atoms with van der Waals surface area (Å²) in [6.45, 7) is 4.95. The first-order chi connectivity index (χ1) is 10.7. The van der Waals surface area contributed by atoms with E-state index in [9.17, 15) is 14.7 Å². The molecule has 0 aliphatic heterocycles. The maximum atomic E-state index is 12.6. The lowest BCUT2D eigenvalue weighted by Crippen LogP contribution is -2.42. The Morgan fingerprint density at radius 3 is 2.35 bits per heavy atom. The minimum atomic E-state index is -1.16. The van der Waals surface area contributed by atoms with Gasteiger partial charge in [0.2, 0.25) is 0 Å². The van der Waals surface area contributed by atoms with E-state index in [0.29, 0.717) is 11.3 Å². The standard InChI is InChI=1S/C17H21N3O3/c1-11-13(10-20(4)19-11)15(21)18-14(17(2,3)16(22)23)12-8-6-5-7-9-12/h5-10,14H,1-4H3,(H,18,21)(H,22,23). The second-order valence-electron chi connectivity index (χ2n) is 6.15. The zero-order valence-corrected chi connectivity index (χ0v) is 13.7. The lowest BCUT2D eigenvalue weighted by Gasteiger charge is -2.31. The van der Waals surface area contributed by atoms with Crippen molar-refractivity contribution in [3.63, 3.8) is 0 Å². The first kappa shape index (κ1) is 16.7. The highest BCUT2D eigenvalue weighted by atomic mass is 16.4. The predicted octanol–water partition coefficient (Wildman–Crippen LogP) is 2.31. The Bertz CT molecular complexity index is 720. The van der Waals surface area contributed by atoms with Crippen molar-refractivity contribution in [2.24, 2.45) is 12.5 Å². The lowest BCUT2D eigenvalue weighted by atomic mass is 9.80. The van der Waals surface area contributed by atoms with Crippen LogP contribution in [0.15, 0.2) is 36.5 Å². The summed E-state index contributed by atoms with van der Waals surface area (Å²) in [5.41, 5.74) is 0.627. The number of benzene rings is 1. The molecule has 0 saturated carbocycles. The molecule has 122 valence electrons. The molecule has 1 aromatic carbocycles. The highest BCUT2D eigenvalue weighted by Gasteiger charge is 2.39. The fraction of sp³-hybridized carbons (Fsp3) is 0.353. The van der Waals surface area contributed by atoms with Crippen LogP contribution in [0.2, 0.25) is 0 Å². The van der Waals surface area contributed by atoms with Gasteiger partial charge in [-0.3, -0.25) is 14.3 Å². The summed E-state index contributed by atoms with van der Waals surface area (Å²) < 4.78 is 1.56. The van der Waals surface area contributed by atoms with Gasteiger partial charge in [0, 0.05) is 13.2 Å². The number of hydrogen-bond acceptors (Lipinski definition) is 3. The second-order valence-corrected chi connectivity index (χ2v) is 6.15. The van der Waals surface area contributed by atoms with Crippen LogP contribution in [0.25, 0.3) is 0 Å². The van der Waals surface area contributed by atoms with Crippen LogP contribution in [0.4, 0.5) is 0 Å². The summed E-state index contributed by atoms with van der Waals surface area (Å²) in [7, 11) is 1.74. The number of amides is 1. The first-order valence-electron chi connectivity index (χ1n) is 7.33. The Morgan fingerprint density at radius 2 is 1.87 bits per heavy atom. The number of aliphatic carboxylic acids is 1. The van der Waals surface area contributed by atoms with Crippen molar-refractivity contribution in [3.8, 4) is 0 Å². The van der Waals surface area contributed by atoms with Gasteiger partial charge in [0.15, 0.2) is 0 Å². The molecule has 23 heavy (non-hydrogen) atoms. The van der Waals surface area contributed by atoms with E-state index >= 15 is 0 Å². The van der Waals surface area contributed by atoms with Crippen molar-refractivity contribution >= 4 is 11.9 Å². The van der Waals surface area contributed by atoms with E-state index in [1.807, 2.05) is 30.3 Å². The molecule has 0 saturated heterocycles. The van der Waals surface area contributed by atoms with Gasteiger partial charge in [-0.15, -0.1) is 0 Å². The van der Waals surface area contributed by atoms with E-state index in [4.69, 9.17) is 0 Å². The summed E-state index contributed by atoms with van der Waals surface area (Å²) in [6.07, 6.45) is 1.63. The van der Waals surface area contributed by atoms with Crippen molar-refractivity contribution in [1.29, 1.82) is 0 Å². The third-order valence-corrected chi connectivity index (χ3v) is 3.94. The molecular formula is C17H21N3O3. The van der Waals surface area contributed by atoms with Gasteiger partial charge in [-0.25, -0.2) is 0 Å². The highest BCUT2D eigenvalue weighted by Crippen LogP contribution is 2.34. The number of nitrogens with one attached hydrogen (secondary N) is 1. The summed E-state index contributed by atoms with van der Waals surface area (Å²) in [5.74, 6) is -1.31. The third kappa shape index (κ3) is 3.41. The summed E-state index contributed by atoms with van der Waals surface area (Å²) >= 11 is 0. The number of carboxylic acid groups (broad SMARTS) is 1. The van der Waals surface area contributed by atoms with Gasteiger partial charge >= 0.3 is 5.97 Å². The molecule has 2 aromatic rings. The van der Waals surface area contributed by atoms with Crippen molar-refractivity contribution in [1.82, 2.24) is 15.1 Å². The molecule has 0 aliphatic rings. The van der Waals surface area contributed by atoms with Crippen molar-refractivity contribution < 1.29 is 14.7 Å². The molecule has 6 heteroatoms. The fourth-order valence-corrected chi connectivity index (χ4v) is 2.48. The Morgan fingerprint density at radius 1 is 1.26 bits per heavy atom. The topological polar surface area (TPSA) is 84.2 Å². The van der Waals surface area contributed by atoms with Gasteiger partial charge in [-0.1, -0.05) is 30.3 Å². The van der Waals surface area contributed by atoms with Crippen LogP contribution in [-0.2, 0) is 11.8 Å². The number of carboxylic acids is 1. The minimum Gasteiger partial charge on any atom is -0.481 e. The molecule has 1 unspecified atom stereocenters. The Labute approximate surface area is 135 Å². The maximum Gasteiger partial charge on any atom is 0.311 e. The smallest absolute Gasteiger partial charge is 0.311 e. The van der Waals surface area contributed by atoms with Crippen LogP contribution in [0, 0.1) is 12.3 Å². The molecule has 0 aliphatic carbocycles. The van der Waals surface area contributed by atoms with E-state index in [2.05, 4.69) is 10.4 Å². The number of rotatable bonds is 5. The molecule has 1 aromatic heterocycles. The Kier molecular flexibility index (Phi) is 4.54. The van der Waals surface area contributed by atoms with Crippen LogP contribution in [0.5, 0.6) is 0 Å². The first-order valence-corrected chi connectivity index (χ1v) is 7.33. The van der Waals surface area contributed by atoms with E-state index in [1.165, 1.54) is 0 Å². The Balaban J connectivity index is 2.37. The number of nitrogens with zero attached hydrogens (tertiary/aromatic N) is 2. The van der Waals surface area contributed by atoms with E-state index in [0.717, 1.165) is 5.56 Å². The zero-order chi connectivity index (χ0) is 17.2. The summed E-state index contributed by atoms with van der Waals surface area (Å²) in [4.78, 5) is 24.2. The molecule has 1 atom stereocenters. The molecule has 2 rings (SSSR count). The van der Waals surface area contributed by atoms with E-state index in [1.54, 1.807) is 38.7 Å². The number of carbonyl (C=O) groups excluding carboxylic acids is 1. The van der Waals surface area contributed by atoms with E-state index < -0.39 is 17.4 Å². The number of aryl methyl sites for hydroxylation is 2. The normalized spacial score (nSPS) is 12.7. The molecule has 1 amide bonds. The zero-order valence-electron chi connectivity index (χ0n) is 13.7. The van der Waals surface area contributed by atoms with Gasteiger partial charge in [-0.05, 0) is 26.3 Å². The third-order valence-electron chi connectivity index (χ3n) is 3.94. The summed E-state index contributed by atoms with van der Waals surface area (Å²) in [5, 5.41) is 16.5. The molecule has 2 N–H and O–H groups in total. The van der Waals surface area contributed by atoms with Crippen LogP contribution >= 0.6 is 0 Å². The molecule has 0 spiro atoms. The molecule has 0 radical (unpaired) electrons. The van der Waals surface area contributed by atoms with Gasteiger partial charge < -0.3 is 10.4 Å². The van der Waals surface area contributed by atoms with Gasteiger partial charge in [0.1, 0.15) is 0 Å². The minimum absolute atomic E-state index is 0.334.